The number of nitrogens with one attached hydrogen (secondary N) is 1. The van der Waals surface area contributed by atoms with E-state index in [4.69, 9.17) is 5.11 Å². The maximum atomic E-state index is 11.7. The number of likely N-dealkylation sites (N-methyl/N-ethyl adjacent to an activating group) is 1. The van der Waals surface area contributed by atoms with Crippen molar-refractivity contribution < 1.29 is 19.5 Å². The summed E-state index contributed by atoms with van der Waals surface area (Å²) in [6.07, 6.45) is 0.147. The second-order valence-electron chi connectivity index (χ2n) is 4.43. The highest BCUT2D eigenvalue weighted by Crippen LogP contribution is 2.12. The molecule has 0 radical (unpaired) electrons. The molecule has 0 aliphatic carbocycles. The van der Waals surface area contributed by atoms with E-state index in [1.165, 1.54) is 13.1 Å². The van der Waals surface area contributed by atoms with Crippen molar-refractivity contribution in [1.29, 1.82) is 0 Å². The fraction of sp³-hybridized carbons (Fsp3) is 0.308. The number of nitrogens with zero attached hydrogens (tertiary/aromatic N) is 1. The minimum atomic E-state index is -0.992. The SMILES string of the molecule is CN1C(=O)CC(NCc2cccc(C(=O)O)c2)C1=O. The molecule has 0 spiro atoms. The first-order valence-corrected chi connectivity index (χ1v) is 5.85. The highest BCUT2D eigenvalue weighted by Gasteiger charge is 2.35. The van der Waals surface area contributed by atoms with Crippen LogP contribution < -0.4 is 5.32 Å². The summed E-state index contributed by atoms with van der Waals surface area (Å²) in [6.45, 7) is 0.346. The van der Waals surface area contributed by atoms with Crippen LogP contribution >= 0.6 is 0 Å². The van der Waals surface area contributed by atoms with E-state index in [0.29, 0.717) is 6.54 Å². The Morgan fingerprint density at radius 2 is 2.21 bits per heavy atom. The van der Waals surface area contributed by atoms with Gasteiger partial charge in [0.05, 0.1) is 18.0 Å². The zero-order valence-electron chi connectivity index (χ0n) is 10.4. The van der Waals surface area contributed by atoms with Crippen molar-refractivity contribution in [2.45, 2.75) is 19.0 Å². The van der Waals surface area contributed by atoms with Crippen LogP contribution in [-0.4, -0.2) is 40.9 Å². The number of amides is 2. The Labute approximate surface area is 110 Å². The normalized spacial score (nSPS) is 19.0. The third-order valence-corrected chi connectivity index (χ3v) is 3.11. The molecule has 1 fully saturated rings. The Balaban J connectivity index is 2.00. The highest BCUT2D eigenvalue weighted by atomic mass is 16.4. The van der Waals surface area contributed by atoms with E-state index in [2.05, 4.69) is 5.32 Å². The molecule has 1 heterocycles. The van der Waals surface area contributed by atoms with Crippen LogP contribution in [0.25, 0.3) is 0 Å². The quantitative estimate of drug-likeness (QED) is 0.759. The van der Waals surface area contributed by atoms with Crippen LogP contribution in [0.4, 0.5) is 0 Å². The van der Waals surface area contributed by atoms with E-state index >= 15 is 0 Å². The van der Waals surface area contributed by atoms with Gasteiger partial charge in [-0.25, -0.2) is 4.79 Å². The lowest BCUT2D eigenvalue weighted by Gasteiger charge is -2.11. The monoisotopic (exact) mass is 262 g/mol. The minimum Gasteiger partial charge on any atom is -0.478 e. The summed E-state index contributed by atoms with van der Waals surface area (Å²) in [7, 11) is 1.46. The van der Waals surface area contributed by atoms with E-state index in [1.54, 1.807) is 18.2 Å². The van der Waals surface area contributed by atoms with Gasteiger partial charge < -0.3 is 10.4 Å². The molecule has 19 heavy (non-hydrogen) atoms. The van der Waals surface area contributed by atoms with Crippen LogP contribution in [-0.2, 0) is 16.1 Å². The number of carboxylic acids is 1. The molecule has 1 unspecified atom stereocenters. The number of likely N-dealkylation sites (tertiary alicyclic amines) is 1. The number of hydrogen-bond acceptors (Lipinski definition) is 4. The second-order valence-corrected chi connectivity index (χ2v) is 4.43. The number of benzene rings is 1. The molecule has 1 aliphatic heterocycles. The first kappa shape index (κ1) is 13.2. The number of imide groups is 1. The Morgan fingerprint density at radius 3 is 2.79 bits per heavy atom. The number of carboxylic acid groups (broad SMARTS) is 1. The van der Waals surface area contributed by atoms with Crippen LogP contribution in [0.1, 0.15) is 22.3 Å². The van der Waals surface area contributed by atoms with Crippen molar-refractivity contribution >= 4 is 17.8 Å². The lowest BCUT2D eigenvalue weighted by atomic mass is 10.1. The van der Waals surface area contributed by atoms with Gasteiger partial charge in [-0.15, -0.1) is 0 Å². The molecule has 2 amide bonds. The number of aromatic carboxylic acids is 1. The highest BCUT2D eigenvalue weighted by molar-refractivity contribution is 6.05. The standard InChI is InChI=1S/C13H14N2O4/c1-15-11(16)6-10(12(15)17)14-7-8-3-2-4-9(5-8)13(18)19/h2-5,10,14H,6-7H2,1H3,(H,18,19). The molecule has 1 saturated heterocycles. The molecule has 1 atom stereocenters. The van der Waals surface area contributed by atoms with Crippen LogP contribution in [0.3, 0.4) is 0 Å². The van der Waals surface area contributed by atoms with Crippen molar-refractivity contribution in [1.82, 2.24) is 10.2 Å². The fourth-order valence-corrected chi connectivity index (χ4v) is 1.97. The van der Waals surface area contributed by atoms with Gasteiger partial charge in [-0.2, -0.15) is 0 Å². The average Bonchev–Trinajstić information content (AvgIpc) is 2.64. The van der Waals surface area contributed by atoms with Crippen LogP contribution in [0.5, 0.6) is 0 Å². The van der Waals surface area contributed by atoms with Crippen molar-refractivity contribution in [3.8, 4) is 0 Å². The second kappa shape index (κ2) is 5.19. The van der Waals surface area contributed by atoms with Gasteiger partial charge in [0.15, 0.2) is 0 Å². The van der Waals surface area contributed by atoms with Crippen LogP contribution in [0, 0.1) is 0 Å². The lowest BCUT2D eigenvalue weighted by molar-refractivity contribution is -0.137. The molecule has 2 N–H and O–H groups in total. The Bertz CT molecular complexity index is 541. The molecule has 1 aromatic rings. The van der Waals surface area contributed by atoms with Crippen molar-refractivity contribution in [2.24, 2.45) is 0 Å². The topological polar surface area (TPSA) is 86.7 Å². The van der Waals surface area contributed by atoms with Gasteiger partial charge >= 0.3 is 5.97 Å². The molecule has 0 bridgehead atoms. The molecule has 6 nitrogen and oxygen atoms in total. The van der Waals surface area contributed by atoms with Crippen molar-refractivity contribution in [3.63, 3.8) is 0 Å². The molecule has 100 valence electrons. The molecule has 0 saturated carbocycles. The maximum Gasteiger partial charge on any atom is 0.335 e. The summed E-state index contributed by atoms with van der Waals surface area (Å²) >= 11 is 0. The van der Waals surface area contributed by atoms with E-state index < -0.39 is 12.0 Å². The van der Waals surface area contributed by atoms with Gasteiger partial charge in [-0.05, 0) is 17.7 Å². The number of rotatable bonds is 4. The Kier molecular flexibility index (Phi) is 3.62. The van der Waals surface area contributed by atoms with E-state index in [1.807, 2.05) is 0 Å². The van der Waals surface area contributed by atoms with Crippen LogP contribution in [0.15, 0.2) is 24.3 Å². The maximum absolute atomic E-state index is 11.7. The Hall–Kier alpha value is -2.21. The Morgan fingerprint density at radius 1 is 1.47 bits per heavy atom. The molecule has 6 heteroatoms. The van der Waals surface area contributed by atoms with E-state index in [9.17, 15) is 14.4 Å². The summed E-state index contributed by atoms with van der Waals surface area (Å²) in [4.78, 5) is 34.9. The summed E-state index contributed by atoms with van der Waals surface area (Å²) in [6, 6.07) is 5.94. The third kappa shape index (κ3) is 2.79. The predicted molar refractivity (Wildman–Crippen MR) is 66.4 cm³/mol. The molecule has 0 aromatic heterocycles. The smallest absolute Gasteiger partial charge is 0.335 e. The largest absolute Gasteiger partial charge is 0.478 e. The summed E-state index contributed by atoms with van der Waals surface area (Å²) in [5.41, 5.74) is 0.958. The number of carbonyl (C=O) groups is 3. The molecular formula is C13H14N2O4. The molecular weight excluding hydrogens is 248 g/mol. The first-order valence-electron chi connectivity index (χ1n) is 5.85. The fourth-order valence-electron chi connectivity index (χ4n) is 1.97. The van der Waals surface area contributed by atoms with Gasteiger partial charge in [-0.1, -0.05) is 12.1 Å². The van der Waals surface area contributed by atoms with Crippen LogP contribution in [0.2, 0.25) is 0 Å². The zero-order chi connectivity index (χ0) is 14.0. The molecule has 1 aliphatic rings. The summed E-state index contributed by atoms with van der Waals surface area (Å²) in [5, 5.41) is 11.8. The van der Waals surface area contributed by atoms with Gasteiger partial charge in [0.2, 0.25) is 11.8 Å². The molecule has 2 rings (SSSR count). The molecule has 1 aromatic carbocycles. The van der Waals surface area contributed by atoms with Crippen molar-refractivity contribution in [3.05, 3.63) is 35.4 Å². The van der Waals surface area contributed by atoms with Gasteiger partial charge in [-0.3, -0.25) is 14.5 Å². The summed E-state index contributed by atoms with van der Waals surface area (Å²) < 4.78 is 0. The van der Waals surface area contributed by atoms with E-state index in [-0.39, 0.29) is 23.8 Å². The average molecular weight is 262 g/mol. The number of hydrogen-bond donors (Lipinski definition) is 2. The van der Waals surface area contributed by atoms with E-state index in [0.717, 1.165) is 10.5 Å². The first-order chi connectivity index (χ1) is 8.99. The predicted octanol–water partition coefficient (Wildman–Crippen LogP) is 0.232. The van der Waals surface area contributed by atoms with Gasteiger partial charge in [0, 0.05) is 13.6 Å². The third-order valence-electron chi connectivity index (χ3n) is 3.11. The zero-order valence-corrected chi connectivity index (χ0v) is 10.4. The van der Waals surface area contributed by atoms with Gasteiger partial charge in [0.25, 0.3) is 0 Å². The summed E-state index contributed by atoms with van der Waals surface area (Å²) in [5.74, 6) is -1.45. The number of carbonyl (C=O) groups excluding carboxylic acids is 2. The van der Waals surface area contributed by atoms with Gasteiger partial charge in [0.1, 0.15) is 0 Å². The lowest BCUT2D eigenvalue weighted by Crippen LogP contribution is -2.36. The minimum absolute atomic E-state index is 0.147. The van der Waals surface area contributed by atoms with Crippen molar-refractivity contribution in [2.75, 3.05) is 7.05 Å².